The van der Waals surface area contributed by atoms with Gasteiger partial charge >= 0.3 is 0 Å². The fraction of sp³-hybridized carbons (Fsp3) is 0.385. The number of ether oxygens (including phenoxy) is 1. The van der Waals surface area contributed by atoms with Gasteiger partial charge in [0.1, 0.15) is 11.0 Å². The summed E-state index contributed by atoms with van der Waals surface area (Å²) in [5.41, 5.74) is 1.02. The van der Waals surface area contributed by atoms with E-state index in [2.05, 4.69) is 4.98 Å². The number of nitrogens with one attached hydrogen (secondary N) is 1. The van der Waals surface area contributed by atoms with E-state index < -0.39 is 11.0 Å². The minimum Gasteiger partial charge on any atom is -0.383 e. The summed E-state index contributed by atoms with van der Waals surface area (Å²) < 4.78 is 19.5. The van der Waals surface area contributed by atoms with Crippen molar-refractivity contribution < 1.29 is 8.95 Å². The quantitative estimate of drug-likeness (QED) is 0.871. The number of hydrogen-bond donors (Lipinski definition) is 1. The Labute approximate surface area is 110 Å². The number of likely N-dealkylation sites (N-methyl/N-ethyl adjacent to an activating group) is 1. The Hall–Kier alpha value is -1.17. The van der Waals surface area contributed by atoms with Crippen LogP contribution >= 0.6 is 0 Å². The first kappa shape index (κ1) is 13.3. The van der Waals surface area contributed by atoms with E-state index in [0.29, 0.717) is 13.2 Å². The van der Waals surface area contributed by atoms with Crippen molar-refractivity contribution in [1.82, 2.24) is 9.29 Å². The van der Waals surface area contributed by atoms with Crippen molar-refractivity contribution in [3.63, 3.8) is 0 Å². The summed E-state index contributed by atoms with van der Waals surface area (Å²) in [6, 6.07) is 7.90. The van der Waals surface area contributed by atoms with Crippen LogP contribution in [0.1, 0.15) is 6.92 Å². The van der Waals surface area contributed by atoms with Crippen LogP contribution in [0.15, 0.2) is 35.4 Å². The number of fused-ring (bicyclic) bond motifs is 1. The third-order valence-corrected chi connectivity index (χ3v) is 4.50. The minimum absolute atomic E-state index is 0.585. The fourth-order valence-electron chi connectivity index (χ4n) is 1.88. The van der Waals surface area contributed by atoms with Gasteiger partial charge in [0.25, 0.3) is 0 Å². The van der Waals surface area contributed by atoms with Crippen molar-refractivity contribution in [1.29, 1.82) is 0 Å². The molecule has 1 atom stereocenters. The van der Waals surface area contributed by atoms with Crippen LogP contribution in [-0.4, -0.2) is 40.3 Å². The lowest BCUT2D eigenvalue weighted by molar-refractivity contribution is 0.182. The topological polar surface area (TPSA) is 45.3 Å². The van der Waals surface area contributed by atoms with E-state index in [1.807, 2.05) is 41.7 Å². The first-order valence-corrected chi connectivity index (χ1v) is 7.10. The summed E-state index contributed by atoms with van der Waals surface area (Å²) in [5, 5.41) is 1.02. The minimum atomic E-state index is -1.14. The smallest absolute Gasteiger partial charge is 0.129 e. The molecule has 1 aromatic heterocycles. The highest BCUT2D eigenvalue weighted by molar-refractivity contribution is 7.83. The molecule has 5 heteroatoms. The lowest BCUT2D eigenvalue weighted by Crippen LogP contribution is -2.29. The van der Waals surface area contributed by atoms with Crippen LogP contribution in [0, 0.1) is 0 Å². The van der Waals surface area contributed by atoms with Crippen molar-refractivity contribution in [2.75, 3.05) is 26.8 Å². The highest BCUT2D eigenvalue weighted by Gasteiger charge is 2.16. The zero-order valence-corrected chi connectivity index (χ0v) is 11.5. The molecule has 0 aliphatic carbocycles. The van der Waals surface area contributed by atoms with Gasteiger partial charge in [-0.25, -0.2) is 8.51 Å². The summed E-state index contributed by atoms with van der Waals surface area (Å²) in [6.07, 6.45) is 1.83. The number of rotatable bonds is 6. The standard InChI is InChI=1S/C13H18N2O2S/c1-3-15(8-9-17-2)18(16)13-10-14-12-7-5-4-6-11(12)13/h4-7,10,14H,3,8-9H2,1-2H3. The van der Waals surface area contributed by atoms with E-state index in [4.69, 9.17) is 4.74 Å². The number of methoxy groups -OCH3 is 1. The van der Waals surface area contributed by atoms with Crippen LogP contribution in [0.2, 0.25) is 0 Å². The molecule has 0 saturated heterocycles. The van der Waals surface area contributed by atoms with Crippen LogP contribution in [-0.2, 0) is 15.7 Å². The van der Waals surface area contributed by atoms with E-state index in [-0.39, 0.29) is 0 Å². The molecular weight excluding hydrogens is 248 g/mol. The molecule has 0 bridgehead atoms. The maximum absolute atomic E-state index is 12.5. The highest BCUT2D eigenvalue weighted by Crippen LogP contribution is 2.22. The molecule has 2 rings (SSSR count). The van der Waals surface area contributed by atoms with Gasteiger partial charge in [0, 0.05) is 37.3 Å². The Balaban J connectivity index is 2.26. The molecule has 0 fully saturated rings. The zero-order valence-electron chi connectivity index (χ0n) is 10.7. The second-order valence-corrected chi connectivity index (χ2v) is 5.42. The Morgan fingerprint density at radius 3 is 2.89 bits per heavy atom. The van der Waals surface area contributed by atoms with Crippen LogP contribution in [0.25, 0.3) is 10.9 Å². The van der Waals surface area contributed by atoms with Crippen molar-refractivity contribution >= 4 is 21.9 Å². The molecule has 1 aromatic carbocycles. The predicted molar refractivity (Wildman–Crippen MR) is 73.8 cm³/mol. The second kappa shape index (κ2) is 6.13. The third-order valence-electron chi connectivity index (χ3n) is 2.87. The summed E-state index contributed by atoms with van der Waals surface area (Å²) in [6.45, 7) is 3.99. The molecular formula is C13H18N2O2S. The molecule has 2 aromatic rings. The van der Waals surface area contributed by atoms with Crippen LogP contribution in [0.5, 0.6) is 0 Å². The summed E-state index contributed by atoms with van der Waals surface area (Å²) in [4.78, 5) is 3.99. The number of benzene rings is 1. The molecule has 98 valence electrons. The Kier molecular flexibility index (Phi) is 4.52. The average molecular weight is 266 g/mol. The van der Waals surface area contributed by atoms with E-state index in [9.17, 15) is 4.21 Å². The number of para-hydroxylation sites is 1. The Bertz CT molecular complexity index is 539. The highest BCUT2D eigenvalue weighted by atomic mass is 32.2. The largest absolute Gasteiger partial charge is 0.383 e. The van der Waals surface area contributed by atoms with Gasteiger partial charge in [0.15, 0.2) is 0 Å². The molecule has 0 radical (unpaired) electrons. The average Bonchev–Trinajstić information content (AvgIpc) is 2.83. The van der Waals surface area contributed by atoms with Crippen molar-refractivity contribution in [2.45, 2.75) is 11.8 Å². The van der Waals surface area contributed by atoms with Gasteiger partial charge in [-0.15, -0.1) is 0 Å². The Morgan fingerprint density at radius 2 is 2.17 bits per heavy atom. The van der Waals surface area contributed by atoms with Crippen LogP contribution in [0.3, 0.4) is 0 Å². The number of H-pyrrole nitrogens is 1. The van der Waals surface area contributed by atoms with Crippen molar-refractivity contribution in [3.05, 3.63) is 30.5 Å². The summed E-state index contributed by atoms with van der Waals surface area (Å²) in [5.74, 6) is 0. The predicted octanol–water partition coefficient (Wildman–Crippen LogP) is 2.16. The molecule has 1 N–H and O–H groups in total. The molecule has 18 heavy (non-hydrogen) atoms. The van der Waals surface area contributed by atoms with Gasteiger partial charge in [-0.3, -0.25) is 0 Å². The zero-order chi connectivity index (χ0) is 13.0. The first-order valence-electron chi connectivity index (χ1n) is 5.99. The first-order chi connectivity index (χ1) is 8.77. The summed E-state index contributed by atoms with van der Waals surface area (Å²) >= 11 is 0. The number of aromatic nitrogens is 1. The molecule has 4 nitrogen and oxygen atoms in total. The molecule has 0 aliphatic rings. The maximum atomic E-state index is 12.5. The third kappa shape index (κ3) is 2.63. The van der Waals surface area contributed by atoms with Crippen LogP contribution < -0.4 is 0 Å². The number of nitrogens with zero attached hydrogens (tertiary/aromatic N) is 1. The van der Waals surface area contributed by atoms with Gasteiger partial charge in [-0.2, -0.15) is 0 Å². The normalized spacial score (nSPS) is 13.3. The SMILES string of the molecule is CCN(CCOC)S(=O)c1c[nH]c2ccccc12. The monoisotopic (exact) mass is 266 g/mol. The fourth-order valence-corrected chi connectivity index (χ4v) is 3.16. The molecule has 1 heterocycles. The van der Waals surface area contributed by atoms with Gasteiger partial charge in [-0.05, 0) is 6.07 Å². The van der Waals surface area contributed by atoms with Crippen molar-refractivity contribution in [3.8, 4) is 0 Å². The maximum Gasteiger partial charge on any atom is 0.129 e. The number of hydrogen-bond acceptors (Lipinski definition) is 2. The number of aromatic amines is 1. The van der Waals surface area contributed by atoms with E-state index in [1.54, 1.807) is 7.11 Å². The lowest BCUT2D eigenvalue weighted by Gasteiger charge is -2.18. The Morgan fingerprint density at radius 1 is 1.39 bits per heavy atom. The second-order valence-electron chi connectivity index (χ2n) is 3.96. The molecule has 0 spiro atoms. The van der Waals surface area contributed by atoms with E-state index in [0.717, 1.165) is 22.3 Å². The molecule has 0 saturated carbocycles. The molecule has 0 aliphatic heterocycles. The van der Waals surface area contributed by atoms with Gasteiger partial charge < -0.3 is 9.72 Å². The van der Waals surface area contributed by atoms with Gasteiger partial charge in [0.05, 0.1) is 11.5 Å². The summed E-state index contributed by atoms with van der Waals surface area (Å²) in [7, 11) is 0.511. The molecule has 1 unspecified atom stereocenters. The molecule has 0 amide bonds. The van der Waals surface area contributed by atoms with Crippen LogP contribution in [0.4, 0.5) is 0 Å². The van der Waals surface area contributed by atoms with Gasteiger partial charge in [0.2, 0.25) is 0 Å². The van der Waals surface area contributed by atoms with Gasteiger partial charge in [-0.1, -0.05) is 25.1 Å². The van der Waals surface area contributed by atoms with E-state index in [1.165, 1.54) is 0 Å². The van der Waals surface area contributed by atoms with E-state index >= 15 is 0 Å². The van der Waals surface area contributed by atoms with Crippen molar-refractivity contribution in [2.24, 2.45) is 0 Å². The lowest BCUT2D eigenvalue weighted by atomic mass is 10.2.